The van der Waals surface area contributed by atoms with E-state index in [1.54, 1.807) is 4.90 Å². The van der Waals surface area contributed by atoms with Crippen molar-refractivity contribution in [3.8, 4) is 0 Å². The van der Waals surface area contributed by atoms with E-state index in [9.17, 15) is 14.4 Å². The molecule has 0 spiro atoms. The first kappa shape index (κ1) is 15.7. The highest BCUT2D eigenvalue weighted by Gasteiger charge is 2.31. The Bertz CT molecular complexity index is 415. The summed E-state index contributed by atoms with van der Waals surface area (Å²) < 4.78 is 4.64. The number of ether oxygens (including phenoxy) is 1. The summed E-state index contributed by atoms with van der Waals surface area (Å²) in [5.41, 5.74) is 0. The number of carbonyl (C=O) groups is 3. The number of hydrogen-bond acceptors (Lipinski definition) is 5. The summed E-state index contributed by atoms with van der Waals surface area (Å²) in [4.78, 5) is 37.7. The van der Waals surface area contributed by atoms with Crippen molar-refractivity contribution in [2.75, 3.05) is 39.4 Å². The number of nitrogens with one attached hydrogen (secondary N) is 1. The molecule has 1 unspecified atom stereocenters. The van der Waals surface area contributed by atoms with Gasteiger partial charge in [-0.2, -0.15) is 0 Å². The zero-order valence-corrected chi connectivity index (χ0v) is 11.9. The fourth-order valence-electron chi connectivity index (χ4n) is 2.81. The molecular formula is C13H21N3O5. The molecule has 0 aromatic heterocycles. The third kappa shape index (κ3) is 4.68. The minimum atomic E-state index is -1.15. The van der Waals surface area contributed by atoms with Crippen LogP contribution in [0.3, 0.4) is 0 Å². The zero-order valence-electron chi connectivity index (χ0n) is 11.9. The van der Waals surface area contributed by atoms with Gasteiger partial charge in [0.05, 0.1) is 0 Å². The number of carboxylic acids is 1. The summed E-state index contributed by atoms with van der Waals surface area (Å²) in [6.07, 6.45) is 3.47. The van der Waals surface area contributed by atoms with Gasteiger partial charge in [-0.1, -0.05) is 6.42 Å². The average Bonchev–Trinajstić information content (AvgIpc) is 2.46. The smallest absolute Gasteiger partial charge is 0.329 e. The van der Waals surface area contributed by atoms with Gasteiger partial charge in [0, 0.05) is 25.7 Å². The molecule has 2 N–H and O–H groups in total. The molecule has 8 nitrogen and oxygen atoms in total. The van der Waals surface area contributed by atoms with Crippen LogP contribution in [-0.4, -0.2) is 78.2 Å². The molecule has 3 amide bonds. The van der Waals surface area contributed by atoms with Crippen LogP contribution in [0.4, 0.5) is 4.79 Å². The number of hydrogen-bond donors (Lipinski definition) is 2. The number of piperazine rings is 1. The number of imide groups is 1. The molecule has 118 valence electrons. The van der Waals surface area contributed by atoms with E-state index >= 15 is 0 Å². The monoisotopic (exact) mass is 299 g/mol. The van der Waals surface area contributed by atoms with Crippen molar-refractivity contribution in [1.29, 1.82) is 0 Å². The van der Waals surface area contributed by atoms with Crippen LogP contribution in [0.25, 0.3) is 0 Å². The number of carboxylic acid groups (broad SMARTS) is 1. The zero-order chi connectivity index (χ0) is 15.2. The first-order valence-corrected chi connectivity index (χ1v) is 7.18. The minimum absolute atomic E-state index is 0.386. The second-order valence-corrected chi connectivity index (χ2v) is 5.37. The third-order valence-electron chi connectivity index (χ3n) is 3.83. The maximum Gasteiger partial charge on any atom is 0.329 e. The van der Waals surface area contributed by atoms with Crippen LogP contribution in [-0.2, 0) is 14.3 Å². The fourth-order valence-corrected chi connectivity index (χ4v) is 2.81. The van der Waals surface area contributed by atoms with Crippen molar-refractivity contribution < 1.29 is 24.2 Å². The molecule has 1 atom stereocenters. The first-order chi connectivity index (χ1) is 10.1. The van der Waals surface area contributed by atoms with Crippen molar-refractivity contribution in [1.82, 2.24) is 15.1 Å². The van der Waals surface area contributed by atoms with Crippen LogP contribution >= 0.6 is 0 Å². The summed E-state index contributed by atoms with van der Waals surface area (Å²) >= 11 is 0. The standard InChI is InChI=1S/C13H21N3O5/c17-11(8-21-9-12(18)19)14-13(20)16-6-5-15-4-2-1-3-10(15)7-16/h10H,1-9H2,(H,18,19)(H,14,17,20). The Balaban J connectivity index is 1.73. The lowest BCUT2D eigenvalue weighted by Crippen LogP contribution is -2.58. The molecule has 21 heavy (non-hydrogen) atoms. The Morgan fingerprint density at radius 2 is 1.95 bits per heavy atom. The Labute approximate surface area is 123 Å². The second kappa shape index (κ2) is 7.37. The number of aliphatic carboxylic acids is 1. The number of nitrogens with zero attached hydrogens (tertiary/aromatic N) is 2. The lowest BCUT2D eigenvalue weighted by atomic mass is 10.00. The van der Waals surface area contributed by atoms with E-state index < -0.39 is 31.1 Å². The largest absolute Gasteiger partial charge is 0.480 e. The van der Waals surface area contributed by atoms with Gasteiger partial charge in [-0.25, -0.2) is 9.59 Å². The molecule has 2 aliphatic heterocycles. The lowest BCUT2D eigenvalue weighted by molar-refractivity contribution is -0.143. The van der Waals surface area contributed by atoms with Gasteiger partial charge in [-0.05, 0) is 19.4 Å². The van der Waals surface area contributed by atoms with Crippen LogP contribution in [0.5, 0.6) is 0 Å². The topological polar surface area (TPSA) is 99.2 Å². The Morgan fingerprint density at radius 1 is 1.14 bits per heavy atom. The van der Waals surface area contributed by atoms with Crippen molar-refractivity contribution in [2.24, 2.45) is 0 Å². The molecule has 0 radical (unpaired) electrons. The lowest BCUT2D eigenvalue weighted by Gasteiger charge is -2.43. The molecule has 2 aliphatic rings. The normalized spacial score (nSPS) is 22.5. The van der Waals surface area contributed by atoms with Gasteiger partial charge in [-0.3, -0.25) is 15.0 Å². The van der Waals surface area contributed by atoms with E-state index in [2.05, 4.69) is 15.0 Å². The van der Waals surface area contributed by atoms with E-state index in [1.165, 1.54) is 12.8 Å². The Kier molecular flexibility index (Phi) is 5.51. The molecule has 2 fully saturated rings. The molecule has 0 aromatic carbocycles. The van der Waals surface area contributed by atoms with Crippen LogP contribution in [0.15, 0.2) is 0 Å². The summed E-state index contributed by atoms with van der Waals surface area (Å²) in [6, 6.07) is -0.0410. The van der Waals surface area contributed by atoms with E-state index in [-0.39, 0.29) is 0 Å². The third-order valence-corrected chi connectivity index (χ3v) is 3.83. The van der Waals surface area contributed by atoms with Gasteiger partial charge < -0.3 is 14.7 Å². The molecule has 0 bridgehead atoms. The predicted molar refractivity (Wildman–Crippen MR) is 72.8 cm³/mol. The van der Waals surface area contributed by atoms with E-state index in [4.69, 9.17) is 5.11 Å². The van der Waals surface area contributed by atoms with Gasteiger partial charge in [0.15, 0.2) is 0 Å². The van der Waals surface area contributed by atoms with Crippen LogP contribution in [0, 0.1) is 0 Å². The molecule has 0 aromatic rings. The Morgan fingerprint density at radius 3 is 2.71 bits per heavy atom. The first-order valence-electron chi connectivity index (χ1n) is 7.18. The highest BCUT2D eigenvalue weighted by atomic mass is 16.5. The van der Waals surface area contributed by atoms with E-state index in [0.717, 1.165) is 19.5 Å². The number of fused-ring (bicyclic) bond motifs is 1. The molecule has 2 heterocycles. The van der Waals surface area contributed by atoms with Crippen molar-refractivity contribution in [3.63, 3.8) is 0 Å². The average molecular weight is 299 g/mol. The summed E-state index contributed by atoms with van der Waals surface area (Å²) in [6.45, 7) is 2.17. The van der Waals surface area contributed by atoms with Crippen molar-refractivity contribution >= 4 is 17.9 Å². The SMILES string of the molecule is O=C(O)COCC(=O)NC(=O)N1CCN2CCCCC2C1. The molecular weight excluding hydrogens is 278 g/mol. The highest BCUT2D eigenvalue weighted by molar-refractivity contribution is 5.95. The van der Waals surface area contributed by atoms with Gasteiger partial charge in [0.25, 0.3) is 5.91 Å². The number of carbonyl (C=O) groups excluding carboxylic acids is 2. The quantitative estimate of drug-likeness (QED) is 0.725. The molecule has 2 saturated heterocycles. The highest BCUT2D eigenvalue weighted by Crippen LogP contribution is 2.20. The van der Waals surface area contributed by atoms with E-state index in [1.807, 2.05) is 0 Å². The number of rotatable bonds is 4. The van der Waals surface area contributed by atoms with Crippen molar-refractivity contribution in [3.05, 3.63) is 0 Å². The van der Waals surface area contributed by atoms with E-state index in [0.29, 0.717) is 19.1 Å². The summed E-state index contributed by atoms with van der Waals surface area (Å²) in [5, 5.41) is 10.6. The van der Waals surface area contributed by atoms with Gasteiger partial charge in [0.2, 0.25) is 0 Å². The van der Waals surface area contributed by atoms with Gasteiger partial charge in [-0.15, -0.1) is 0 Å². The maximum atomic E-state index is 12.0. The number of piperidine rings is 1. The van der Waals surface area contributed by atoms with Gasteiger partial charge >= 0.3 is 12.0 Å². The molecule has 8 heteroatoms. The second-order valence-electron chi connectivity index (χ2n) is 5.37. The summed E-state index contributed by atoms with van der Waals surface area (Å²) in [7, 11) is 0. The number of urea groups is 1. The number of amides is 3. The molecule has 0 aliphatic carbocycles. The predicted octanol–water partition coefficient (Wildman–Crippen LogP) is -0.506. The van der Waals surface area contributed by atoms with Crippen LogP contribution < -0.4 is 5.32 Å². The van der Waals surface area contributed by atoms with Crippen molar-refractivity contribution in [2.45, 2.75) is 25.3 Å². The molecule has 0 saturated carbocycles. The fraction of sp³-hybridized carbons (Fsp3) is 0.769. The van der Waals surface area contributed by atoms with Crippen LogP contribution in [0.2, 0.25) is 0 Å². The maximum absolute atomic E-state index is 12.0. The van der Waals surface area contributed by atoms with Crippen LogP contribution in [0.1, 0.15) is 19.3 Å². The summed E-state index contributed by atoms with van der Waals surface area (Å²) in [5.74, 6) is -1.77. The van der Waals surface area contributed by atoms with Gasteiger partial charge in [0.1, 0.15) is 13.2 Å². The minimum Gasteiger partial charge on any atom is -0.480 e. The molecule has 2 rings (SSSR count). The Hall–Kier alpha value is -1.67.